The van der Waals surface area contributed by atoms with Crippen molar-refractivity contribution in [2.24, 2.45) is 0 Å². The zero-order valence-electron chi connectivity index (χ0n) is 22.1. The number of anilines is 3. The minimum absolute atomic E-state index is 0.522. The topological polar surface area (TPSA) is 81.0 Å². The normalized spacial score (nSPS) is 14.4. The van der Waals surface area contributed by atoms with Gasteiger partial charge in [-0.05, 0) is 53.8 Å². The van der Waals surface area contributed by atoms with Crippen LogP contribution in [0.2, 0.25) is 0 Å². The highest BCUT2D eigenvalue weighted by atomic mass is 15.2. The Bertz CT molecular complexity index is 1420. The van der Waals surface area contributed by atoms with E-state index in [-0.39, 0.29) is 0 Å². The van der Waals surface area contributed by atoms with Gasteiger partial charge in [-0.2, -0.15) is 5.26 Å². The first-order chi connectivity index (χ1) is 18.7. The number of aromatic nitrogens is 3. The molecule has 0 aliphatic carbocycles. The van der Waals surface area contributed by atoms with Crippen LogP contribution in [0.25, 0.3) is 11.3 Å². The molecule has 0 radical (unpaired) electrons. The second-order valence-electron chi connectivity index (χ2n) is 9.41. The first kappa shape index (κ1) is 25.4. The maximum atomic E-state index is 9.71. The molecule has 0 saturated carbocycles. The Kier molecular flexibility index (Phi) is 7.91. The Hall–Kier alpha value is -4.28. The van der Waals surface area contributed by atoms with Crippen LogP contribution in [0.1, 0.15) is 48.9 Å². The van der Waals surface area contributed by atoms with Gasteiger partial charge in [0.15, 0.2) is 0 Å². The van der Waals surface area contributed by atoms with E-state index in [9.17, 15) is 5.26 Å². The molecular formula is C31H33N7. The fourth-order valence-corrected chi connectivity index (χ4v) is 5.07. The first-order valence-electron chi connectivity index (χ1n) is 13.4. The van der Waals surface area contributed by atoms with Crippen molar-refractivity contribution in [2.75, 3.05) is 23.3 Å². The Morgan fingerprint density at radius 2 is 1.71 bits per heavy atom. The Morgan fingerprint density at radius 1 is 0.921 bits per heavy atom. The van der Waals surface area contributed by atoms with Gasteiger partial charge in [-0.1, -0.05) is 50.2 Å². The quantitative estimate of drug-likeness (QED) is 0.331. The molecule has 2 aromatic carbocycles. The number of pyridine rings is 1. The lowest BCUT2D eigenvalue weighted by Crippen LogP contribution is -2.20. The van der Waals surface area contributed by atoms with Gasteiger partial charge in [-0.25, -0.2) is 15.0 Å². The van der Waals surface area contributed by atoms with E-state index >= 15 is 0 Å². The van der Waals surface area contributed by atoms with E-state index in [1.807, 2.05) is 26.0 Å². The summed E-state index contributed by atoms with van der Waals surface area (Å²) in [7, 11) is 0. The number of rotatable bonds is 6. The number of hydrogen-bond acceptors (Lipinski definition) is 7. The van der Waals surface area contributed by atoms with Crippen molar-refractivity contribution in [3.05, 3.63) is 95.3 Å². The molecule has 7 nitrogen and oxygen atoms in total. The molecule has 7 heteroatoms. The highest BCUT2D eigenvalue weighted by Crippen LogP contribution is 2.29. The molecule has 6 rings (SSSR count). The summed E-state index contributed by atoms with van der Waals surface area (Å²) in [4.78, 5) is 18.4. The van der Waals surface area contributed by atoms with Crippen LogP contribution in [-0.2, 0) is 19.6 Å². The largest absolute Gasteiger partial charge is 0.356 e. The van der Waals surface area contributed by atoms with Crippen LogP contribution in [0, 0.1) is 11.3 Å². The zero-order chi connectivity index (χ0) is 26.3. The molecule has 2 aliphatic heterocycles. The van der Waals surface area contributed by atoms with Crippen molar-refractivity contribution in [3.8, 4) is 17.3 Å². The van der Waals surface area contributed by atoms with Crippen molar-refractivity contribution >= 4 is 17.5 Å². The molecule has 0 atom stereocenters. The minimum atomic E-state index is 0.522. The van der Waals surface area contributed by atoms with Crippen LogP contribution in [0.5, 0.6) is 0 Å². The van der Waals surface area contributed by atoms with Crippen molar-refractivity contribution in [1.29, 1.82) is 5.26 Å². The van der Waals surface area contributed by atoms with E-state index in [2.05, 4.69) is 79.7 Å². The van der Waals surface area contributed by atoms with Gasteiger partial charge in [0.05, 0.1) is 11.3 Å². The molecule has 4 aromatic rings. The van der Waals surface area contributed by atoms with E-state index in [0.29, 0.717) is 11.5 Å². The maximum absolute atomic E-state index is 9.71. The van der Waals surface area contributed by atoms with Gasteiger partial charge in [0.1, 0.15) is 11.9 Å². The number of fused-ring (bicyclic) bond motifs is 1. The molecule has 1 fully saturated rings. The lowest BCUT2D eigenvalue weighted by molar-refractivity contribution is 0.275. The molecule has 0 bridgehead atoms. The first-order valence-corrected chi connectivity index (χ1v) is 13.4. The Labute approximate surface area is 224 Å². The number of hydrogen-bond donors (Lipinski definition) is 1. The fourth-order valence-electron chi connectivity index (χ4n) is 5.07. The molecule has 1 saturated heterocycles. The van der Waals surface area contributed by atoms with Crippen molar-refractivity contribution in [2.45, 2.75) is 46.3 Å². The molecular weight excluding hydrogens is 470 g/mol. The zero-order valence-corrected chi connectivity index (χ0v) is 22.1. The summed E-state index contributed by atoms with van der Waals surface area (Å²) in [6.45, 7) is 8.73. The predicted molar refractivity (Wildman–Crippen MR) is 152 cm³/mol. The van der Waals surface area contributed by atoms with Crippen LogP contribution in [0.4, 0.5) is 17.5 Å². The minimum Gasteiger partial charge on any atom is -0.356 e. The van der Waals surface area contributed by atoms with Crippen LogP contribution in [0.3, 0.4) is 0 Å². The Morgan fingerprint density at radius 3 is 2.50 bits per heavy atom. The second kappa shape index (κ2) is 11.8. The summed E-state index contributed by atoms with van der Waals surface area (Å²) in [6, 6.07) is 23.1. The van der Waals surface area contributed by atoms with Gasteiger partial charge in [-0.3, -0.25) is 4.90 Å². The van der Waals surface area contributed by atoms with E-state index in [0.717, 1.165) is 68.3 Å². The average molecular weight is 504 g/mol. The summed E-state index contributed by atoms with van der Waals surface area (Å²) < 4.78 is 0. The number of benzene rings is 2. The SMILES string of the molecule is CC.N#Cc1cc(-c2ccnc(Nc3ccc4c(c3)CN(Cc3ccccc3)C4)n2)cnc1N1CCCC1. The summed E-state index contributed by atoms with van der Waals surface area (Å²) >= 11 is 0. The number of nitriles is 1. The molecule has 2 aromatic heterocycles. The monoisotopic (exact) mass is 503 g/mol. The van der Waals surface area contributed by atoms with E-state index in [4.69, 9.17) is 4.98 Å². The third-order valence-corrected chi connectivity index (χ3v) is 6.84. The third-order valence-electron chi connectivity index (χ3n) is 6.84. The second-order valence-corrected chi connectivity index (χ2v) is 9.41. The summed E-state index contributed by atoms with van der Waals surface area (Å²) in [5.41, 5.74) is 7.11. The highest BCUT2D eigenvalue weighted by molar-refractivity contribution is 5.67. The fraction of sp³-hybridized carbons (Fsp3) is 0.290. The van der Waals surface area contributed by atoms with Gasteiger partial charge < -0.3 is 10.2 Å². The molecule has 0 amide bonds. The molecule has 1 N–H and O–H groups in total. The maximum Gasteiger partial charge on any atom is 0.227 e. The van der Waals surface area contributed by atoms with E-state index in [1.165, 1.54) is 16.7 Å². The van der Waals surface area contributed by atoms with Crippen LogP contribution < -0.4 is 10.2 Å². The standard InChI is InChI=1S/C29H27N7.C2H6/c30-16-23-14-24(17-32-28(23)36-12-4-5-13-36)27-10-11-31-29(34-27)33-26-9-8-22-19-35(20-25(22)15-26)18-21-6-2-1-3-7-21;1-2/h1-3,6-11,14-15,17H,4-5,12-13,18-20H2,(H,31,33,34);1-2H3. The van der Waals surface area contributed by atoms with Crippen molar-refractivity contribution in [3.63, 3.8) is 0 Å². The number of nitrogens with zero attached hydrogens (tertiary/aromatic N) is 6. The van der Waals surface area contributed by atoms with Crippen molar-refractivity contribution < 1.29 is 0 Å². The van der Waals surface area contributed by atoms with Crippen LogP contribution >= 0.6 is 0 Å². The molecule has 4 heterocycles. The average Bonchev–Trinajstić information content (AvgIpc) is 3.64. The van der Waals surface area contributed by atoms with Crippen LogP contribution in [0.15, 0.2) is 73.1 Å². The van der Waals surface area contributed by atoms with Crippen LogP contribution in [-0.4, -0.2) is 32.9 Å². The predicted octanol–water partition coefficient (Wildman–Crippen LogP) is 6.30. The van der Waals surface area contributed by atoms with Gasteiger partial charge in [0, 0.05) is 56.4 Å². The van der Waals surface area contributed by atoms with E-state index < -0.39 is 0 Å². The third kappa shape index (κ3) is 5.66. The number of nitrogens with one attached hydrogen (secondary N) is 1. The molecule has 38 heavy (non-hydrogen) atoms. The highest BCUT2D eigenvalue weighted by Gasteiger charge is 2.20. The molecule has 2 aliphatic rings. The lowest BCUT2D eigenvalue weighted by Gasteiger charge is -2.18. The van der Waals surface area contributed by atoms with Gasteiger partial charge in [0.25, 0.3) is 0 Å². The van der Waals surface area contributed by atoms with Gasteiger partial charge in [-0.15, -0.1) is 0 Å². The molecule has 0 unspecified atom stereocenters. The van der Waals surface area contributed by atoms with E-state index in [1.54, 1.807) is 12.4 Å². The summed E-state index contributed by atoms with van der Waals surface area (Å²) in [5, 5.41) is 13.1. The summed E-state index contributed by atoms with van der Waals surface area (Å²) in [6.07, 6.45) is 5.82. The van der Waals surface area contributed by atoms with Gasteiger partial charge >= 0.3 is 0 Å². The van der Waals surface area contributed by atoms with Crippen molar-refractivity contribution in [1.82, 2.24) is 19.9 Å². The molecule has 192 valence electrons. The molecule has 0 spiro atoms. The lowest BCUT2D eigenvalue weighted by atomic mass is 10.1. The Balaban J connectivity index is 0.00000144. The smallest absolute Gasteiger partial charge is 0.227 e. The summed E-state index contributed by atoms with van der Waals surface area (Å²) in [5.74, 6) is 1.29. The van der Waals surface area contributed by atoms with Gasteiger partial charge in [0.2, 0.25) is 5.95 Å².